The van der Waals surface area contributed by atoms with E-state index in [0.717, 1.165) is 27.8 Å². The summed E-state index contributed by atoms with van der Waals surface area (Å²) >= 11 is 0. The third-order valence-corrected chi connectivity index (χ3v) is 4.12. The Kier molecular flexibility index (Phi) is 3.34. The van der Waals surface area contributed by atoms with Crippen molar-refractivity contribution >= 4 is 33.7 Å². The molecule has 7 nitrogen and oxygen atoms in total. The van der Waals surface area contributed by atoms with Crippen molar-refractivity contribution in [2.24, 2.45) is 0 Å². The number of para-hydroxylation sites is 1. The highest BCUT2D eigenvalue weighted by atomic mass is 16.5. The highest BCUT2D eigenvalue weighted by molar-refractivity contribution is 6.11. The van der Waals surface area contributed by atoms with Crippen molar-refractivity contribution in [3.05, 3.63) is 30.6 Å². The van der Waals surface area contributed by atoms with Crippen LogP contribution < -0.4 is 4.90 Å². The molecule has 118 valence electrons. The third-order valence-electron chi connectivity index (χ3n) is 4.12. The van der Waals surface area contributed by atoms with Crippen LogP contribution in [0.3, 0.4) is 0 Å². The van der Waals surface area contributed by atoms with Gasteiger partial charge in [0.05, 0.1) is 24.5 Å². The molecule has 4 rings (SSSR count). The summed E-state index contributed by atoms with van der Waals surface area (Å²) in [7, 11) is 0. The second kappa shape index (κ2) is 5.51. The monoisotopic (exact) mass is 312 g/mol. The van der Waals surface area contributed by atoms with Gasteiger partial charge in [0.1, 0.15) is 17.8 Å². The zero-order chi connectivity index (χ0) is 15.8. The number of rotatable bonds is 3. The zero-order valence-corrected chi connectivity index (χ0v) is 12.4. The van der Waals surface area contributed by atoms with Gasteiger partial charge in [-0.2, -0.15) is 0 Å². The molecule has 1 aliphatic rings. The number of carboxylic acid groups (broad SMARTS) is 1. The minimum absolute atomic E-state index is 0.00138. The van der Waals surface area contributed by atoms with Crippen molar-refractivity contribution in [1.29, 1.82) is 0 Å². The fourth-order valence-corrected chi connectivity index (χ4v) is 3.13. The quantitative estimate of drug-likeness (QED) is 0.766. The van der Waals surface area contributed by atoms with Crippen molar-refractivity contribution in [2.45, 2.75) is 12.5 Å². The normalized spacial score (nSPS) is 18.6. The van der Waals surface area contributed by atoms with Gasteiger partial charge in [-0.15, -0.1) is 0 Å². The van der Waals surface area contributed by atoms with Gasteiger partial charge in [-0.3, -0.25) is 4.79 Å². The Hall–Kier alpha value is -2.67. The van der Waals surface area contributed by atoms with Crippen LogP contribution in [0.1, 0.15) is 6.42 Å². The summed E-state index contributed by atoms with van der Waals surface area (Å²) in [4.78, 5) is 25.1. The van der Waals surface area contributed by atoms with E-state index < -0.39 is 5.97 Å². The summed E-state index contributed by atoms with van der Waals surface area (Å²) in [6.07, 6.45) is 1.21. The number of aliphatic carboxylic acids is 1. The predicted octanol–water partition coefficient (Wildman–Crippen LogP) is 1.79. The van der Waals surface area contributed by atoms with Crippen molar-refractivity contribution in [3.8, 4) is 0 Å². The molecule has 1 atom stereocenters. The Morgan fingerprint density at radius 2 is 2.26 bits per heavy atom. The molecule has 0 spiro atoms. The van der Waals surface area contributed by atoms with Crippen molar-refractivity contribution < 1.29 is 14.6 Å². The van der Waals surface area contributed by atoms with E-state index in [1.807, 2.05) is 24.3 Å². The summed E-state index contributed by atoms with van der Waals surface area (Å²) in [5.41, 5.74) is 1.80. The number of fused-ring (bicyclic) bond motifs is 3. The molecule has 0 unspecified atom stereocenters. The number of H-pyrrole nitrogens is 1. The maximum Gasteiger partial charge on any atom is 0.306 e. The molecule has 1 aliphatic heterocycles. The number of anilines is 1. The number of morpholine rings is 1. The van der Waals surface area contributed by atoms with E-state index in [1.165, 1.54) is 6.33 Å². The number of hydrogen-bond donors (Lipinski definition) is 2. The van der Waals surface area contributed by atoms with Crippen molar-refractivity contribution in [1.82, 2.24) is 15.0 Å². The Morgan fingerprint density at radius 3 is 3.13 bits per heavy atom. The van der Waals surface area contributed by atoms with Gasteiger partial charge in [-0.05, 0) is 6.07 Å². The molecule has 0 saturated carbocycles. The van der Waals surface area contributed by atoms with E-state index in [2.05, 4.69) is 19.9 Å². The van der Waals surface area contributed by atoms with Crippen LogP contribution in [-0.2, 0) is 9.53 Å². The van der Waals surface area contributed by atoms with Gasteiger partial charge in [0.25, 0.3) is 0 Å². The summed E-state index contributed by atoms with van der Waals surface area (Å²) in [5, 5.41) is 11.0. The topological polar surface area (TPSA) is 91.3 Å². The van der Waals surface area contributed by atoms with Gasteiger partial charge in [-0.25, -0.2) is 9.97 Å². The molecule has 2 N–H and O–H groups in total. The van der Waals surface area contributed by atoms with Crippen LogP contribution in [0.4, 0.5) is 5.82 Å². The van der Waals surface area contributed by atoms with Gasteiger partial charge in [0.15, 0.2) is 0 Å². The van der Waals surface area contributed by atoms with Gasteiger partial charge in [0, 0.05) is 24.0 Å². The summed E-state index contributed by atoms with van der Waals surface area (Å²) in [5.74, 6) is -0.0251. The molecule has 3 heterocycles. The highest BCUT2D eigenvalue weighted by Crippen LogP contribution is 2.31. The molecule has 2 aromatic heterocycles. The first kappa shape index (κ1) is 14.0. The number of ether oxygens (including phenoxy) is 1. The summed E-state index contributed by atoms with van der Waals surface area (Å²) in [6.45, 7) is 1.69. The molecule has 1 saturated heterocycles. The van der Waals surface area contributed by atoms with Crippen molar-refractivity contribution in [3.63, 3.8) is 0 Å². The molecule has 0 amide bonds. The molecule has 3 aromatic rings. The zero-order valence-electron chi connectivity index (χ0n) is 12.4. The molecule has 1 aromatic carbocycles. The second-order valence-corrected chi connectivity index (χ2v) is 5.63. The first-order chi connectivity index (χ1) is 11.2. The minimum atomic E-state index is -0.850. The van der Waals surface area contributed by atoms with Gasteiger partial charge in [0.2, 0.25) is 0 Å². The lowest BCUT2D eigenvalue weighted by molar-refractivity contribution is -0.140. The molecule has 0 radical (unpaired) electrons. The third kappa shape index (κ3) is 2.49. The van der Waals surface area contributed by atoms with E-state index in [1.54, 1.807) is 0 Å². The smallest absolute Gasteiger partial charge is 0.306 e. The standard InChI is InChI=1S/C16H16N4O3/c21-13(22)7-10-8-20(5-6-23-10)16-14-11-3-1-2-4-12(11)19-15(14)17-9-18-16/h1-4,9-10H,5-8H2,(H,21,22)(H,17,18,19)/t10-/m1/s1. The van der Waals surface area contributed by atoms with E-state index in [0.29, 0.717) is 19.7 Å². The number of aromatic amines is 1. The van der Waals surface area contributed by atoms with Gasteiger partial charge >= 0.3 is 5.97 Å². The van der Waals surface area contributed by atoms with Gasteiger partial charge in [-0.1, -0.05) is 18.2 Å². The first-order valence-electron chi connectivity index (χ1n) is 7.52. The van der Waals surface area contributed by atoms with E-state index in [9.17, 15) is 4.79 Å². The number of hydrogen-bond acceptors (Lipinski definition) is 5. The highest BCUT2D eigenvalue weighted by Gasteiger charge is 2.25. The average molecular weight is 312 g/mol. The Labute approximate surface area is 131 Å². The number of carbonyl (C=O) groups is 1. The summed E-state index contributed by atoms with van der Waals surface area (Å²) in [6, 6.07) is 8.00. The number of benzene rings is 1. The molecule has 7 heteroatoms. The van der Waals surface area contributed by atoms with Crippen LogP contribution in [0.5, 0.6) is 0 Å². The van der Waals surface area contributed by atoms with Gasteiger partial charge < -0.3 is 19.7 Å². The lowest BCUT2D eigenvalue weighted by Gasteiger charge is -2.33. The fourth-order valence-electron chi connectivity index (χ4n) is 3.13. The fraction of sp³-hybridized carbons (Fsp3) is 0.312. The Bertz CT molecular complexity index is 876. The molecule has 1 fully saturated rings. The maximum absolute atomic E-state index is 10.9. The Balaban J connectivity index is 1.77. The van der Waals surface area contributed by atoms with E-state index in [4.69, 9.17) is 9.84 Å². The number of aromatic nitrogens is 3. The minimum Gasteiger partial charge on any atom is -0.481 e. The second-order valence-electron chi connectivity index (χ2n) is 5.63. The molecule has 23 heavy (non-hydrogen) atoms. The molecule has 0 aliphatic carbocycles. The van der Waals surface area contributed by atoms with Crippen molar-refractivity contribution in [2.75, 3.05) is 24.6 Å². The maximum atomic E-state index is 10.9. The SMILES string of the molecule is O=C(O)C[C@@H]1CN(c2ncnc3[nH]c4ccccc4c23)CCO1. The van der Waals surface area contributed by atoms with Crippen LogP contribution in [-0.4, -0.2) is 51.8 Å². The number of nitrogens with zero attached hydrogens (tertiary/aromatic N) is 3. The van der Waals surface area contributed by atoms with E-state index in [-0.39, 0.29) is 12.5 Å². The van der Waals surface area contributed by atoms with Crippen LogP contribution in [0.2, 0.25) is 0 Å². The van der Waals surface area contributed by atoms with E-state index >= 15 is 0 Å². The lowest BCUT2D eigenvalue weighted by Crippen LogP contribution is -2.43. The Morgan fingerprint density at radius 1 is 1.39 bits per heavy atom. The van der Waals surface area contributed by atoms with Crippen LogP contribution in [0.15, 0.2) is 30.6 Å². The molecular formula is C16H16N4O3. The van der Waals surface area contributed by atoms with Crippen LogP contribution in [0, 0.1) is 0 Å². The number of nitrogens with one attached hydrogen (secondary N) is 1. The lowest BCUT2D eigenvalue weighted by atomic mass is 10.1. The summed E-state index contributed by atoms with van der Waals surface area (Å²) < 4.78 is 5.55. The predicted molar refractivity (Wildman–Crippen MR) is 85.6 cm³/mol. The number of carboxylic acids is 1. The van der Waals surface area contributed by atoms with Crippen LogP contribution in [0.25, 0.3) is 21.9 Å². The average Bonchev–Trinajstić information content (AvgIpc) is 2.93. The first-order valence-corrected chi connectivity index (χ1v) is 7.52. The molecule has 0 bridgehead atoms. The molecular weight excluding hydrogens is 296 g/mol. The van der Waals surface area contributed by atoms with Crippen LogP contribution >= 0.6 is 0 Å². The largest absolute Gasteiger partial charge is 0.481 e.